The zero-order valence-electron chi connectivity index (χ0n) is 15.6. The van der Waals surface area contributed by atoms with Crippen molar-refractivity contribution >= 4 is 23.5 Å². The molecule has 0 aliphatic rings. The second-order valence-corrected chi connectivity index (χ2v) is 5.96. The summed E-state index contributed by atoms with van der Waals surface area (Å²) in [6.45, 7) is 1.31. The Hall–Kier alpha value is -3.66. The quantitative estimate of drug-likeness (QED) is 0.560. The van der Waals surface area contributed by atoms with Gasteiger partial charge in [-0.05, 0) is 30.7 Å². The topological polar surface area (TPSA) is 99.5 Å². The minimum Gasteiger partial charge on any atom is -0.455 e. The summed E-state index contributed by atoms with van der Waals surface area (Å²) in [5, 5.41) is 11.6. The monoisotopic (exact) mass is 379 g/mol. The fraction of sp³-hybridized carbons (Fsp3) is 0.238. The minimum absolute atomic E-state index is 0.0610. The number of hydrogen-bond acceptors (Lipinski definition) is 5. The van der Waals surface area contributed by atoms with E-state index in [0.717, 1.165) is 5.56 Å². The van der Waals surface area contributed by atoms with Crippen LogP contribution in [0.4, 0.5) is 5.69 Å². The maximum atomic E-state index is 12.3. The lowest BCUT2D eigenvalue weighted by molar-refractivity contribution is -0.147. The number of esters is 1. The smallest absolute Gasteiger partial charge is 0.308 e. The van der Waals surface area contributed by atoms with E-state index in [1.807, 2.05) is 25.1 Å². The van der Waals surface area contributed by atoms with E-state index in [1.54, 1.807) is 42.5 Å². The van der Waals surface area contributed by atoms with Crippen molar-refractivity contribution < 1.29 is 19.1 Å². The molecule has 144 valence electrons. The molecule has 0 fully saturated rings. The van der Waals surface area contributed by atoms with Crippen molar-refractivity contribution in [2.24, 2.45) is 0 Å². The average Bonchev–Trinajstić information content (AvgIpc) is 2.71. The molecule has 0 saturated heterocycles. The van der Waals surface area contributed by atoms with Crippen molar-refractivity contribution in [3.8, 4) is 6.07 Å². The number of nitriles is 1. The molecule has 0 saturated carbocycles. The van der Waals surface area contributed by atoms with Crippen molar-refractivity contribution in [1.29, 1.82) is 5.26 Å². The summed E-state index contributed by atoms with van der Waals surface area (Å²) in [7, 11) is 0. The second kappa shape index (κ2) is 10.5. The number of aryl methyl sites for hydroxylation is 1. The number of hydrogen-bond donors (Lipinski definition) is 1. The maximum absolute atomic E-state index is 12.3. The highest BCUT2D eigenvalue weighted by Gasteiger charge is 2.17. The first-order valence-corrected chi connectivity index (χ1v) is 8.74. The summed E-state index contributed by atoms with van der Waals surface area (Å²) in [6.07, 6.45) is -0.0610. The Balaban J connectivity index is 1.78. The average molecular weight is 379 g/mol. The van der Waals surface area contributed by atoms with E-state index in [1.165, 1.54) is 4.90 Å². The Morgan fingerprint density at radius 1 is 1.07 bits per heavy atom. The van der Waals surface area contributed by atoms with E-state index >= 15 is 0 Å². The molecule has 1 N–H and O–H groups in total. The van der Waals surface area contributed by atoms with Gasteiger partial charge in [-0.2, -0.15) is 5.26 Å². The van der Waals surface area contributed by atoms with E-state index in [2.05, 4.69) is 5.32 Å². The standard InChI is InChI=1S/C21H21N3O4/c1-16-7-5-6-10-18(16)21(27)23-13-11-20(26)28-15-19(25)24(14-12-22)17-8-3-2-4-9-17/h2-10H,11,13-15H2,1H3,(H,23,27). The van der Waals surface area contributed by atoms with Gasteiger partial charge >= 0.3 is 5.97 Å². The third-order valence-electron chi connectivity index (χ3n) is 3.96. The molecule has 0 aliphatic heterocycles. The van der Waals surface area contributed by atoms with Crippen LogP contribution in [-0.4, -0.2) is 37.5 Å². The van der Waals surface area contributed by atoms with Crippen LogP contribution in [0.5, 0.6) is 0 Å². The largest absolute Gasteiger partial charge is 0.455 e. The first-order chi connectivity index (χ1) is 13.5. The van der Waals surface area contributed by atoms with Gasteiger partial charge in [-0.1, -0.05) is 36.4 Å². The molecule has 28 heavy (non-hydrogen) atoms. The fourth-order valence-corrected chi connectivity index (χ4v) is 2.50. The molecular formula is C21H21N3O4. The van der Waals surface area contributed by atoms with Crippen molar-refractivity contribution in [2.75, 3.05) is 24.6 Å². The summed E-state index contributed by atoms with van der Waals surface area (Å²) in [4.78, 5) is 37.4. The SMILES string of the molecule is Cc1ccccc1C(=O)NCCC(=O)OCC(=O)N(CC#N)c1ccccc1. The Morgan fingerprint density at radius 3 is 2.43 bits per heavy atom. The van der Waals surface area contributed by atoms with Crippen LogP contribution in [0, 0.1) is 18.3 Å². The van der Waals surface area contributed by atoms with Gasteiger partial charge in [-0.3, -0.25) is 19.3 Å². The van der Waals surface area contributed by atoms with Crippen LogP contribution in [0.3, 0.4) is 0 Å². The first kappa shape index (κ1) is 20.6. The number of para-hydroxylation sites is 1. The summed E-state index contributed by atoms with van der Waals surface area (Å²) in [6, 6.07) is 17.7. The van der Waals surface area contributed by atoms with Crippen LogP contribution in [0.2, 0.25) is 0 Å². The Labute approximate surface area is 163 Å². The molecule has 2 aromatic rings. The predicted molar refractivity (Wildman–Crippen MR) is 103 cm³/mol. The number of anilines is 1. The third kappa shape index (κ3) is 5.95. The number of nitrogens with zero attached hydrogens (tertiary/aromatic N) is 2. The number of carbonyl (C=O) groups is 3. The molecule has 0 heterocycles. The Bertz CT molecular complexity index is 875. The molecule has 0 aliphatic carbocycles. The molecule has 0 bridgehead atoms. The van der Waals surface area contributed by atoms with Crippen molar-refractivity contribution in [1.82, 2.24) is 5.32 Å². The lowest BCUT2D eigenvalue weighted by Gasteiger charge is -2.19. The van der Waals surface area contributed by atoms with Crippen LogP contribution in [0.25, 0.3) is 0 Å². The lowest BCUT2D eigenvalue weighted by atomic mass is 10.1. The predicted octanol–water partition coefficient (Wildman–Crippen LogP) is 2.21. The van der Waals surface area contributed by atoms with Crippen molar-refractivity contribution in [3.05, 3.63) is 65.7 Å². The van der Waals surface area contributed by atoms with E-state index < -0.39 is 18.5 Å². The molecule has 2 aromatic carbocycles. The molecule has 0 unspecified atom stereocenters. The van der Waals surface area contributed by atoms with Gasteiger partial charge in [0.2, 0.25) is 0 Å². The van der Waals surface area contributed by atoms with E-state index in [-0.39, 0.29) is 25.4 Å². The zero-order valence-corrected chi connectivity index (χ0v) is 15.6. The summed E-state index contributed by atoms with van der Waals surface area (Å²) in [5.74, 6) is -1.38. The zero-order chi connectivity index (χ0) is 20.4. The summed E-state index contributed by atoms with van der Waals surface area (Å²) >= 11 is 0. The van der Waals surface area contributed by atoms with Crippen LogP contribution >= 0.6 is 0 Å². The molecule has 2 amide bonds. The number of carbonyl (C=O) groups excluding carboxylic acids is 3. The van der Waals surface area contributed by atoms with Gasteiger partial charge in [0.25, 0.3) is 11.8 Å². The van der Waals surface area contributed by atoms with Crippen LogP contribution in [0.15, 0.2) is 54.6 Å². The molecule has 7 nitrogen and oxygen atoms in total. The highest BCUT2D eigenvalue weighted by Crippen LogP contribution is 2.13. The lowest BCUT2D eigenvalue weighted by Crippen LogP contribution is -2.35. The third-order valence-corrected chi connectivity index (χ3v) is 3.96. The van der Waals surface area contributed by atoms with Gasteiger partial charge < -0.3 is 10.1 Å². The van der Waals surface area contributed by atoms with Crippen LogP contribution in [-0.2, 0) is 14.3 Å². The van der Waals surface area contributed by atoms with Crippen LogP contribution < -0.4 is 10.2 Å². The van der Waals surface area contributed by atoms with Gasteiger partial charge in [-0.15, -0.1) is 0 Å². The molecule has 7 heteroatoms. The Morgan fingerprint density at radius 2 is 1.75 bits per heavy atom. The van der Waals surface area contributed by atoms with Gasteiger partial charge in [0, 0.05) is 17.8 Å². The van der Waals surface area contributed by atoms with Gasteiger partial charge in [0.1, 0.15) is 6.54 Å². The van der Waals surface area contributed by atoms with Gasteiger partial charge in [0.15, 0.2) is 6.61 Å². The molecule has 0 atom stereocenters. The summed E-state index contributed by atoms with van der Waals surface area (Å²) < 4.78 is 4.97. The van der Waals surface area contributed by atoms with Crippen molar-refractivity contribution in [2.45, 2.75) is 13.3 Å². The molecular weight excluding hydrogens is 358 g/mol. The number of ether oxygens (including phenoxy) is 1. The first-order valence-electron chi connectivity index (χ1n) is 8.74. The van der Waals surface area contributed by atoms with Crippen molar-refractivity contribution in [3.63, 3.8) is 0 Å². The highest BCUT2D eigenvalue weighted by atomic mass is 16.5. The van der Waals surface area contributed by atoms with Gasteiger partial charge in [-0.25, -0.2) is 0 Å². The van der Waals surface area contributed by atoms with Gasteiger partial charge in [0.05, 0.1) is 12.5 Å². The number of benzene rings is 2. The van der Waals surface area contributed by atoms with Crippen LogP contribution in [0.1, 0.15) is 22.3 Å². The molecule has 0 spiro atoms. The maximum Gasteiger partial charge on any atom is 0.308 e. The highest BCUT2D eigenvalue weighted by molar-refractivity contribution is 5.96. The van der Waals surface area contributed by atoms with E-state index in [0.29, 0.717) is 11.3 Å². The molecule has 0 aromatic heterocycles. The molecule has 2 rings (SSSR count). The summed E-state index contributed by atoms with van der Waals surface area (Å²) in [5.41, 5.74) is 1.93. The molecule has 0 radical (unpaired) electrons. The Kier molecular flexibility index (Phi) is 7.73. The minimum atomic E-state index is -0.608. The van der Waals surface area contributed by atoms with E-state index in [4.69, 9.17) is 10.00 Å². The number of nitrogens with one attached hydrogen (secondary N) is 1. The van der Waals surface area contributed by atoms with E-state index in [9.17, 15) is 14.4 Å². The second-order valence-electron chi connectivity index (χ2n) is 5.96. The number of rotatable bonds is 8. The number of amides is 2. The fourth-order valence-electron chi connectivity index (χ4n) is 2.50. The normalized spacial score (nSPS) is 9.86.